The van der Waals surface area contributed by atoms with E-state index >= 15 is 0 Å². The Morgan fingerprint density at radius 3 is 2.56 bits per heavy atom. The number of rotatable bonds is 4. The zero-order valence-electron chi connectivity index (χ0n) is 14.0. The summed E-state index contributed by atoms with van der Waals surface area (Å²) in [4.78, 5) is 12.5. The molecule has 0 aliphatic heterocycles. The van der Waals surface area contributed by atoms with Crippen LogP contribution in [0.3, 0.4) is 0 Å². The highest BCUT2D eigenvalue weighted by molar-refractivity contribution is 6.30. The number of para-hydroxylation sites is 1. The summed E-state index contributed by atoms with van der Waals surface area (Å²) in [7, 11) is 0. The van der Waals surface area contributed by atoms with Crippen LogP contribution in [-0.4, -0.2) is 20.9 Å². The molecule has 7 heteroatoms. The van der Waals surface area contributed by atoms with Gasteiger partial charge in [0.15, 0.2) is 11.5 Å². The number of nitrogens with zero attached hydrogens (tertiary/aromatic N) is 3. The number of anilines is 2. The van der Waals surface area contributed by atoms with Gasteiger partial charge in [0, 0.05) is 10.7 Å². The molecule has 0 bridgehead atoms. The molecule has 1 aromatic heterocycles. The van der Waals surface area contributed by atoms with E-state index in [-0.39, 0.29) is 17.4 Å². The molecule has 3 aromatic rings. The number of nitrogens with two attached hydrogens (primary N) is 1. The lowest BCUT2D eigenvalue weighted by atomic mass is 10.1. The van der Waals surface area contributed by atoms with Crippen LogP contribution in [0.4, 0.5) is 11.5 Å². The van der Waals surface area contributed by atoms with Gasteiger partial charge in [-0.2, -0.15) is 0 Å². The van der Waals surface area contributed by atoms with Gasteiger partial charge < -0.3 is 11.1 Å². The molecule has 0 aliphatic carbocycles. The lowest BCUT2D eigenvalue weighted by Crippen LogP contribution is -2.16. The van der Waals surface area contributed by atoms with Crippen LogP contribution >= 0.6 is 11.6 Å². The molecule has 2 aromatic carbocycles. The van der Waals surface area contributed by atoms with Gasteiger partial charge in [0.25, 0.3) is 5.91 Å². The van der Waals surface area contributed by atoms with Crippen molar-refractivity contribution in [1.29, 1.82) is 0 Å². The maximum absolute atomic E-state index is 12.5. The summed E-state index contributed by atoms with van der Waals surface area (Å²) in [6.07, 6.45) is 0. The van der Waals surface area contributed by atoms with Crippen molar-refractivity contribution in [2.24, 2.45) is 0 Å². The fourth-order valence-corrected chi connectivity index (χ4v) is 2.80. The molecule has 0 aliphatic rings. The lowest BCUT2D eigenvalue weighted by molar-refractivity contribution is 0.102. The first-order valence-corrected chi connectivity index (χ1v) is 8.14. The third-order valence-corrected chi connectivity index (χ3v) is 4.16. The van der Waals surface area contributed by atoms with E-state index in [0.717, 1.165) is 22.4 Å². The van der Waals surface area contributed by atoms with Crippen LogP contribution in [0, 0.1) is 13.8 Å². The second-order valence-electron chi connectivity index (χ2n) is 5.83. The molecule has 6 nitrogen and oxygen atoms in total. The second kappa shape index (κ2) is 6.94. The molecule has 0 saturated heterocycles. The summed E-state index contributed by atoms with van der Waals surface area (Å²) in [5.74, 6) is -0.170. The SMILES string of the molecule is Cc1cccc(C)c1NC(=O)c1nnn(Cc2cccc(Cl)c2)c1N. The second-order valence-corrected chi connectivity index (χ2v) is 6.27. The summed E-state index contributed by atoms with van der Waals surface area (Å²) in [5, 5.41) is 11.4. The molecule has 0 spiro atoms. The van der Waals surface area contributed by atoms with E-state index in [4.69, 9.17) is 17.3 Å². The summed E-state index contributed by atoms with van der Waals surface area (Å²) < 4.78 is 1.48. The average molecular weight is 356 g/mol. The van der Waals surface area contributed by atoms with E-state index in [0.29, 0.717) is 11.6 Å². The van der Waals surface area contributed by atoms with Gasteiger partial charge >= 0.3 is 0 Å². The van der Waals surface area contributed by atoms with E-state index in [1.807, 2.05) is 50.2 Å². The smallest absolute Gasteiger partial charge is 0.280 e. The van der Waals surface area contributed by atoms with Crippen molar-refractivity contribution in [3.63, 3.8) is 0 Å². The number of hydrogen-bond donors (Lipinski definition) is 2. The molecule has 128 valence electrons. The summed E-state index contributed by atoms with van der Waals surface area (Å²) in [6.45, 7) is 4.25. The van der Waals surface area contributed by atoms with Crippen LogP contribution in [-0.2, 0) is 6.54 Å². The number of amides is 1. The molecule has 0 saturated carbocycles. The number of benzene rings is 2. The van der Waals surface area contributed by atoms with Crippen LogP contribution in [0.5, 0.6) is 0 Å². The number of halogens is 1. The Labute approximate surface area is 150 Å². The third kappa shape index (κ3) is 3.64. The van der Waals surface area contributed by atoms with Crippen molar-refractivity contribution in [2.75, 3.05) is 11.1 Å². The Morgan fingerprint density at radius 1 is 1.20 bits per heavy atom. The first-order valence-electron chi connectivity index (χ1n) is 7.76. The quantitative estimate of drug-likeness (QED) is 0.750. The molecule has 0 atom stereocenters. The highest BCUT2D eigenvalue weighted by Crippen LogP contribution is 2.21. The van der Waals surface area contributed by atoms with Crippen LogP contribution in [0.2, 0.25) is 5.02 Å². The van der Waals surface area contributed by atoms with Crippen LogP contribution in [0.1, 0.15) is 27.2 Å². The topological polar surface area (TPSA) is 85.8 Å². The molecule has 3 N–H and O–H groups in total. The predicted molar refractivity (Wildman–Crippen MR) is 98.9 cm³/mol. The summed E-state index contributed by atoms with van der Waals surface area (Å²) >= 11 is 5.99. The molecular weight excluding hydrogens is 338 g/mol. The largest absolute Gasteiger partial charge is 0.382 e. The normalized spacial score (nSPS) is 10.7. The number of carbonyl (C=O) groups is 1. The number of nitrogen functional groups attached to an aromatic ring is 1. The number of aromatic nitrogens is 3. The Kier molecular flexibility index (Phi) is 4.72. The molecular formula is C18H18ClN5O. The van der Waals surface area contributed by atoms with Gasteiger partial charge in [0.05, 0.1) is 6.54 Å². The van der Waals surface area contributed by atoms with E-state index < -0.39 is 0 Å². The van der Waals surface area contributed by atoms with E-state index in [9.17, 15) is 4.79 Å². The first kappa shape index (κ1) is 17.0. The monoisotopic (exact) mass is 355 g/mol. The molecule has 25 heavy (non-hydrogen) atoms. The standard InChI is InChI=1S/C18H18ClN5O/c1-11-5-3-6-12(2)15(11)21-18(25)16-17(20)24(23-22-16)10-13-7-4-8-14(19)9-13/h3-9H,10,20H2,1-2H3,(H,21,25). The van der Waals surface area contributed by atoms with Gasteiger partial charge in [-0.05, 0) is 42.7 Å². The zero-order valence-corrected chi connectivity index (χ0v) is 14.7. The lowest BCUT2D eigenvalue weighted by Gasteiger charge is -2.10. The van der Waals surface area contributed by atoms with Crippen molar-refractivity contribution in [3.8, 4) is 0 Å². The fraction of sp³-hybridized carbons (Fsp3) is 0.167. The van der Waals surface area contributed by atoms with Crippen LogP contribution in [0.15, 0.2) is 42.5 Å². The average Bonchev–Trinajstić information content (AvgIpc) is 2.92. The predicted octanol–water partition coefficient (Wildman–Crippen LogP) is 3.43. The zero-order chi connectivity index (χ0) is 18.0. The molecule has 0 radical (unpaired) electrons. The minimum Gasteiger partial charge on any atom is -0.382 e. The highest BCUT2D eigenvalue weighted by atomic mass is 35.5. The fourth-order valence-electron chi connectivity index (χ4n) is 2.59. The molecule has 0 fully saturated rings. The number of hydrogen-bond acceptors (Lipinski definition) is 4. The van der Waals surface area contributed by atoms with Gasteiger partial charge in [-0.1, -0.05) is 47.1 Å². The maximum Gasteiger partial charge on any atom is 0.280 e. The molecule has 1 amide bonds. The van der Waals surface area contributed by atoms with Crippen LogP contribution < -0.4 is 11.1 Å². The van der Waals surface area contributed by atoms with Crippen molar-refractivity contribution in [2.45, 2.75) is 20.4 Å². The minimum atomic E-state index is -0.382. The Balaban J connectivity index is 1.82. The van der Waals surface area contributed by atoms with Gasteiger partial charge in [-0.3, -0.25) is 4.79 Å². The third-order valence-electron chi connectivity index (χ3n) is 3.93. The Hall–Kier alpha value is -2.86. The first-order chi connectivity index (χ1) is 12.0. The molecule has 1 heterocycles. The van der Waals surface area contributed by atoms with E-state index in [1.165, 1.54) is 4.68 Å². The van der Waals surface area contributed by atoms with Crippen LogP contribution in [0.25, 0.3) is 0 Å². The van der Waals surface area contributed by atoms with Gasteiger partial charge in [-0.25, -0.2) is 4.68 Å². The van der Waals surface area contributed by atoms with Crippen molar-refractivity contribution >= 4 is 29.0 Å². The van der Waals surface area contributed by atoms with Crippen molar-refractivity contribution in [3.05, 3.63) is 69.9 Å². The van der Waals surface area contributed by atoms with Gasteiger partial charge in [0.1, 0.15) is 0 Å². The Morgan fingerprint density at radius 2 is 1.88 bits per heavy atom. The number of carbonyl (C=O) groups excluding carboxylic acids is 1. The van der Waals surface area contributed by atoms with Gasteiger partial charge in [0.2, 0.25) is 0 Å². The molecule has 0 unspecified atom stereocenters. The molecule has 3 rings (SSSR count). The summed E-state index contributed by atoms with van der Waals surface area (Å²) in [6, 6.07) is 13.2. The van der Waals surface area contributed by atoms with Gasteiger partial charge in [-0.15, -0.1) is 5.10 Å². The minimum absolute atomic E-state index is 0.102. The maximum atomic E-state index is 12.5. The number of aryl methyl sites for hydroxylation is 2. The van der Waals surface area contributed by atoms with Crippen molar-refractivity contribution in [1.82, 2.24) is 15.0 Å². The van der Waals surface area contributed by atoms with Crippen molar-refractivity contribution < 1.29 is 4.79 Å². The highest BCUT2D eigenvalue weighted by Gasteiger charge is 2.19. The van der Waals surface area contributed by atoms with E-state index in [2.05, 4.69) is 15.6 Å². The van der Waals surface area contributed by atoms with E-state index in [1.54, 1.807) is 6.07 Å². The summed E-state index contributed by atoms with van der Waals surface area (Å²) in [5.41, 5.74) is 9.79. The number of nitrogens with one attached hydrogen (secondary N) is 1. The Bertz CT molecular complexity index is 915.